The van der Waals surface area contributed by atoms with E-state index in [1.807, 2.05) is 6.92 Å². The molecule has 0 saturated carbocycles. The topological polar surface area (TPSA) is 88.1 Å². The van der Waals surface area contributed by atoms with Crippen molar-refractivity contribution in [1.82, 2.24) is 15.2 Å². The Morgan fingerprint density at radius 2 is 2.10 bits per heavy atom. The van der Waals surface area contributed by atoms with E-state index in [9.17, 15) is 9.90 Å². The Morgan fingerprint density at radius 3 is 2.77 bits per heavy atom. The molecule has 0 atom stereocenters. The second-order valence-corrected chi connectivity index (χ2v) is 9.15. The van der Waals surface area contributed by atoms with Crippen molar-refractivity contribution in [3.63, 3.8) is 0 Å². The van der Waals surface area contributed by atoms with Gasteiger partial charge in [0.2, 0.25) is 5.16 Å². The molecule has 162 valence electrons. The fourth-order valence-electron chi connectivity index (χ4n) is 2.57. The molecule has 31 heavy (non-hydrogen) atoms. The van der Waals surface area contributed by atoms with Gasteiger partial charge in [-0.15, -0.1) is 5.10 Å². The second kappa shape index (κ2) is 11.0. The predicted octanol–water partition coefficient (Wildman–Crippen LogP) is 6.62. The van der Waals surface area contributed by atoms with Crippen LogP contribution < -0.4 is 4.74 Å². The minimum absolute atomic E-state index is 0.107. The number of aliphatic carboxylic acids is 1. The molecule has 0 aliphatic heterocycles. The SMILES string of the molecule is CCCc1nc(S/C(=C\c2ccc(OCc3ccc(Cl)cc3Cl)c(Br)c2)C(=O)O)n[nH]1. The third kappa shape index (κ3) is 6.74. The standard InChI is InChI=1S/C21H18BrCl2N3O3S/c1-2-3-19-25-21(27-26-19)31-18(20(28)29)9-12-4-7-17(15(22)8-12)30-11-13-5-6-14(23)10-16(13)24/h4-10H,2-3,11H2,1H3,(H,28,29)(H,25,26,27)/b18-9-. The van der Waals surface area contributed by atoms with E-state index >= 15 is 0 Å². The molecule has 1 aromatic heterocycles. The number of carboxylic acids is 1. The van der Waals surface area contributed by atoms with Crippen LogP contribution >= 0.6 is 50.9 Å². The molecule has 0 bridgehead atoms. The summed E-state index contributed by atoms with van der Waals surface area (Å²) in [5.41, 5.74) is 1.50. The summed E-state index contributed by atoms with van der Waals surface area (Å²) in [6.45, 7) is 2.30. The lowest BCUT2D eigenvalue weighted by Crippen LogP contribution is -1.98. The van der Waals surface area contributed by atoms with Gasteiger partial charge in [-0.05, 0) is 70.0 Å². The Morgan fingerprint density at radius 1 is 1.29 bits per heavy atom. The molecule has 3 aromatic rings. The lowest BCUT2D eigenvalue weighted by Gasteiger charge is -2.10. The van der Waals surface area contributed by atoms with Gasteiger partial charge in [-0.25, -0.2) is 9.78 Å². The van der Waals surface area contributed by atoms with Crippen molar-refractivity contribution in [3.8, 4) is 5.75 Å². The fourth-order valence-corrected chi connectivity index (χ4v) is 4.27. The average molecular weight is 543 g/mol. The number of aromatic nitrogens is 3. The summed E-state index contributed by atoms with van der Waals surface area (Å²) in [5.74, 6) is 0.284. The maximum Gasteiger partial charge on any atom is 0.342 e. The summed E-state index contributed by atoms with van der Waals surface area (Å²) in [7, 11) is 0. The highest BCUT2D eigenvalue weighted by Gasteiger charge is 2.14. The zero-order chi connectivity index (χ0) is 22.4. The van der Waals surface area contributed by atoms with Crippen LogP contribution in [0.25, 0.3) is 6.08 Å². The lowest BCUT2D eigenvalue weighted by molar-refractivity contribution is -0.131. The quantitative estimate of drug-likeness (QED) is 0.233. The zero-order valence-electron chi connectivity index (χ0n) is 16.4. The third-order valence-corrected chi connectivity index (χ3v) is 6.15. The number of hydrogen-bond donors (Lipinski definition) is 2. The van der Waals surface area contributed by atoms with E-state index in [1.54, 1.807) is 42.5 Å². The molecule has 6 nitrogen and oxygen atoms in total. The Labute approximate surface area is 202 Å². The fraction of sp³-hybridized carbons (Fsp3) is 0.190. The van der Waals surface area contributed by atoms with E-state index in [-0.39, 0.29) is 11.5 Å². The number of nitrogens with zero attached hydrogens (tertiary/aromatic N) is 2. The number of nitrogens with one attached hydrogen (secondary N) is 1. The van der Waals surface area contributed by atoms with E-state index in [2.05, 4.69) is 31.1 Å². The summed E-state index contributed by atoms with van der Waals surface area (Å²) in [4.78, 5) is 16.1. The highest BCUT2D eigenvalue weighted by Crippen LogP contribution is 2.31. The van der Waals surface area contributed by atoms with Crippen LogP contribution in [0.3, 0.4) is 0 Å². The molecule has 0 saturated heterocycles. The van der Waals surface area contributed by atoms with Crippen LogP contribution in [-0.2, 0) is 17.8 Å². The number of carboxylic acid groups (broad SMARTS) is 1. The van der Waals surface area contributed by atoms with Crippen molar-refractivity contribution in [3.05, 3.63) is 72.8 Å². The smallest absolute Gasteiger partial charge is 0.342 e. The van der Waals surface area contributed by atoms with Crippen LogP contribution in [0.2, 0.25) is 10.0 Å². The number of carbonyl (C=O) groups is 1. The van der Waals surface area contributed by atoms with Crippen molar-refractivity contribution in [1.29, 1.82) is 0 Å². The molecule has 0 aliphatic carbocycles. The lowest BCUT2D eigenvalue weighted by atomic mass is 10.2. The van der Waals surface area contributed by atoms with Gasteiger partial charge in [0, 0.05) is 22.0 Å². The zero-order valence-corrected chi connectivity index (χ0v) is 20.3. The number of hydrogen-bond acceptors (Lipinski definition) is 5. The summed E-state index contributed by atoms with van der Waals surface area (Å²) in [5, 5.41) is 17.9. The Balaban J connectivity index is 1.72. The molecular formula is C21H18BrCl2N3O3S. The maximum atomic E-state index is 11.7. The number of benzene rings is 2. The molecule has 0 fully saturated rings. The van der Waals surface area contributed by atoms with Crippen molar-refractivity contribution >= 4 is 62.9 Å². The Kier molecular flexibility index (Phi) is 8.43. The van der Waals surface area contributed by atoms with Gasteiger partial charge in [-0.2, -0.15) is 0 Å². The first-order valence-corrected chi connectivity index (χ1v) is 11.6. The summed E-state index contributed by atoms with van der Waals surface area (Å²) in [6, 6.07) is 10.5. The van der Waals surface area contributed by atoms with Crippen molar-refractivity contribution < 1.29 is 14.6 Å². The van der Waals surface area contributed by atoms with Gasteiger partial charge >= 0.3 is 5.97 Å². The molecule has 0 spiro atoms. The van der Waals surface area contributed by atoms with Crippen LogP contribution in [0.15, 0.2) is 50.9 Å². The number of aryl methyl sites for hydroxylation is 1. The molecule has 0 aliphatic rings. The summed E-state index contributed by atoms with van der Waals surface area (Å²) in [6.07, 6.45) is 3.25. The van der Waals surface area contributed by atoms with E-state index < -0.39 is 5.97 Å². The van der Waals surface area contributed by atoms with Crippen LogP contribution in [0.5, 0.6) is 5.75 Å². The molecule has 0 unspecified atom stereocenters. The second-order valence-electron chi connectivity index (χ2n) is 6.44. The average Bonchev–Trinajstić information content (AvgIpc) is 3.15. The number of ether oxygens (including phenoxy) is 1. The van der Waals surface area contributed by atoms with E-state index in [0.29, 0.717) is 31.0 Å². The molecule has 2 N–H and O–H groups in total. The van der Waals surface area contributed by atoms with Gasteiger partial charge in [0.25, 0.3) is 0 Å². The predicted molar refractivity (Wildman–Crippen MR) is 127 cm³/mol. The number of halogens is 3. The molecule has 0 radical (unpaired) electrons. The van der Waals surface area contributed by atoms with E-state index in [0.717, 1.165) is 36.0 Å². The number of H-pyrrole nitrogens is 1. The molecule has 2 aromatic carbocycles. The first-order valence-electron chi connectivity index (χ1n) is 9.26. The van der Waals surface area contributed by atoms with E-state index in [4.69, 9.17) is 27.9 Å². The van der Waals surface area contributed by atoms with Gasteiger partial charge in [-0.1, -0.05) is 42.3 Å². The van der Waals surface area contributed by atoms with Crippen molar-refractivity contribution in [2.24, 2.45) is 0 Å². The van der Waals surface area contributed by atoms with Gasteiger partial charge in [0.05, 0.1) is 4.47 Å². The van der Waals surface area contributed by atoms with Gasteiger partial charge in [0.1, 0.15) is 23.1 Å². The molecule has 0 amide bonds. The van der Waals surface area contributed by atoms with Crippen LogP contribution in [0.1, 0.15) is 30.3 Å². The van der Waals surface area contributed by atoms with Crippen LogP contribution in [0.4, 0.5) is 0 Å². The highest BCUT2D eigenvalue weighted by atomic mass is 79.9. The van der Waals surface area contributed by atoms with Gasteiger partial charge in [0.15, 0.2) is 0 Å². The first-order chi connectivity index (χ1) is 14.9. The van der Waals surface area contributed by atoms with Gasteiger partial charge < -0.3 is 9.84 Å². The summed E-state index contributed by atoms with van der Waals surface area (Å²) >= 11 is 16.6. The largest absolute Gasteiger partial charge is 0.488 e. The number of rotatable bonds is 9. The minimum Gasteiger partial charge on any atom is -0.488 e. The highest BCUT2D eigenvalue weighted by molar-refractivity contribution is 9.10. The van der Waals surface area contributed by atoms with E-state index in [1.165, 1.54) is 0 Å². The normalized spacial score (nSPS) is 11.5. The third-order valence-electron chi connectivity index (χ3n) is 4.06. The minimum atomic E-state index is -1.05. The van der Waals surface area contributed by atoms with Crippen molar-refractivity contribution in [2.75, 3.05) is 0 Å². The molecular weight excluding hydrogens is 525 g/mol. The molecule has 1 heterocycles. The maximum absolute atomic E-state index is 11.7. The number of aromatic amines is 1. The first kappa shape index (κ1) is 23.7. The molecule has 3 rings (SSSR count). The monoisotopic (exact) mass is 541 g/mol. The van der Waals surface area contributed by atoms with Crippen LogP contribution in [0, 0.1) is 0 Å². The Hall–Kier alpha value is -2.00. The van der Waals surface area contributed by atoms with Crippen molar-refractivity contribution in [2.45, 2.75) is 31.5 Å². The van der Waals surface area contributed by atoms with Gasteiger partial charge in [-0.3, -0.25) is 5.10 Å². The Bertz CT molecular complexity index is 1120. The van der Waals surface area contributed by atoms with Crippen LogP contribution in [-0.4, -0.2) is 26.3 Å². The molecule has 10 heteroatoms. The number of thioether (sulfide) groups is 1. The summed E-state index contributed by atoms with van der Waals surface area (Å²) < 4.78 is 6.52.